The van der Waals surface area contributed by atoms with E-state index in [0.29, 0.717) is 11.8 Å². The number of alkyl halides is 3. The summed E-state index contributed by atoms with van der Waals surface area (Å²) in [5.74, 6) is 0.551. The van der Waals surface area contributed by atoms with E-state index in [2.05, 4.69) is 15.2 Å². The van der Waals surface area contributed by atoms with Crippen LogP contribution >= 0.6 is 11.3 Å². The highest BCUT2D eigenvalue weighted by Gasteiger charge is 2.34. The molecule has 0 radical (unpaired) electrons. The first-order valence-electron chi connectivity index (χ1n) is 9.23. The van der Waals surface area contributed by atoms with E-state index in [9.17, 15) is 18.3 Å². The third-order valence-electron chi connectivity index (χ3n) is 4.57. The predicted octanol–water partition coefficient (Wildman–Crippen LogP) is 7.12. The van der Waals surface area contributed by atoms with Crippen LogP contribution in [-0.4, -0.2) is 24.3 Å². The zero-order chi connectivity index (χ0) is 22.9. The Bertz CT molecular complexity index is 1320. The van der Waals surface area contributed by atoms with Crippen LogP contribution in [0.25, 0.3) is 20.8 Å². The fraction of sp³-hybridized carbons (Fsp3) is 0.136. The molecule has 6 nitrogen and oxygen atoms in total. The number of rotatable bonds is 5. The van der Waals surface area contributed by atoms with E-state index < -0.39 is 23.2 Å². The van der Waals surface area contributed by atoms with Crippen LogP contribution in [0.2, 0.25) is 0 Å². The molecular weight excluding hydrogens is 443 g/mol. The molecule has 0 aliphatic carbocycles. The smallest absolute Gasteiger partial charge is 0.418 e. The van der Waals surface area contributed by atoms with Crippen molar-refractivity contribution in [1.82, 2.24) is 4.98 Å². The first-order valence-corrected chi connectivity index (χ1v) is 10.0. The number of thiazole rings is 1. The van der Waals surface area contributed by atoms with Crippen molar-refractivity contribution < 1.29 is 27.8 Å². The van der Waals surface area contributed by atoms with E-state index in [1.54, 1.807) is 25.3 Å². The Hall–Kier alpha value is -3.66. The van der Waals surface area contributed by atoms with E-state index in [4.69, 9.17) is 9.47 Å². The predicted molar refractivity (Wildman–Crippen MR) is 115 cm³/mol. The summed E-state index contributed by atoms with van der Waals surface area (Å²) < 4.78 is 51.2. The highest BCUT2D eigenvalue weighted by molar-refractivity contribution is 7.21. The molecule has 4 aromatic rings. The summed E-state index contributed by atoms with van der Waals surface area (Å²) in [6.45, 7) is 0. The summed E-state index contributed by atoms with van der Waals surface area (Å²) in [4.78, 5) is 4.61. The zero-order valence-electron chi connectivity index (χ0n) is 16.8. The summed E-state index contributed by atoms with van der Waals surface area (Å²) in [5.41, 5.74) is 0.339. The average molecular weight is 459 g/mol. The first kappa shape index (κ1) is 21.6. The summed E-state index contributed by atoms with van der Waals surface area (Å²) in [5, 5.41) is 17.8. The maximum absolute atomic E-state index is 13.2. The lowest BCUT2D eigenvalue weighted by molar-refractivity contribution is -0.137. The fourth-order valence-corrected chi connectivity index (χ4v) is 3.99. The second-order valence-corrected chi connectivity index (χ2v) is 7.67. The molecule has 1 aromatic heterocycles. The van der Waals surface area contributed by atoms with Crippen LogP contribution in [0.1, 0.15) is 5.56 Å². The van der Waals surface area contributed by atoms with E-state index in [1.807, 2.05) is 18.2 Å². The number of hydrogen-bond acceptors (Lipinski definition) is 7. The van der Waals surface area contributed by atoms with Crippen molar-refractivity contribution in [3.05, 3.63) is 60.2 Å². The van der Waals surface area contributed by atoms with E-state index >= 15 is 0 Å². The fourth-order valence-electron chi connectivity index (χ4n) is 2.99. The third-order valence-corrected chi connectivity index (χ3v) is 5.64. The van der Waals surface area contributed by atoms with Crippen molar-refractivity contribution >= 4 is 32.9 Å². The molecule has 1 N–H and O–H groups in total. The van der Waals surface area contributed by atoms with Crippen LogP contribution in [0.4, 0.5) is 24.5 Å². The molecule has 1 heterocycles. The molecule has 0 fully saturated rings. The van der Waals surface area contributed by atoms with Gasteiger partial charge in [-0.25, -0.2) is 4.98 Å². The number of methoxy groups -OCH3 is 2. The second kappa shape index (κ2) is 8.46. The minimum Gasteiger partial charge on any atom is -0.508 e. The molecule has 0 saturated carbocycles. The number of phenols is 1. The van der Waals surface area contributed by atoms with Gasteiger partial charge in [-0.05, 0) is 54.6 Å². The number of nitrogens with zero attached hydrogens (tertiary/aromatic N) is 3. The number of hydrogen-bond donors (Lipinski definition) is 1. The highest BCUT2D eigenvalue weighted by Crippen LogP contribution is 2.41. The van der Waals surface area contributed by atoms with Gasteiger partial charge in [-0.3, -0.25) is 0 Å². The molecule has 0 spiro atoms. The van der Waals surface area contributed by atoms with Gasteiger partial charge in [-0.15, -0.1) is 21.6 Å². The number of azo groups is 1. The molecule has 0 atom stereocenters. The standard InChI is InChI=1S/C22H16F3N3O3S/c1-30-14-5-8-18-20(11-14)32-21(26-18)12-3-6-17(19(9-12)31-2)28-27-16-7-4-13(29)10-15(16)22(23,24)25/h3-11,29H,1-2H3. The van der Waals surface area contributed by atoms with Crippen molar-refractivity contribution in [3.63, 3.8) is 0 Å². The van der Waals surface area contributed by atoms with Gasteiger partial charge in [0.15, 0.2) is 0 Å². The van der Waals surface area contributed by atoms with E-state index in [-0.39, 0.29) is 5.69 Å². The summed E-state index contributed by atoms with van der Waals surface area (Å²) in [6.07, 6.45) is -4.68. The monoisotopic (exact) mass is 459 g/mol. The maximum atomic E-state index is 13.2. The molecule has 0 amide bonds. The van der Waals surface area contributed by atoms with Crippen LogP contribution in [0, 0.1) is 0 Å². The summed E-state index contributed by atoms with van der Waals surface area (Å²) in [7, 11) is 3.03. The molecule has 3 aromatic carbocycles. The van der Waals surface area contributed by atoms with Gasteiger partial charge < -0.3 is 14.6 Å². The van der Waals surface area contributed by atoms with Crippen molar-refractivity contribution in [2.45, 2.75) is 6.18 Å². The molecule has 0 saturated heterocycles. The molecule has 164 valence electrons. The van der Waals surface area contributed by atoms with Gasteiger partial charge in [0.1, 0.15) is 27.9 Å². The molecule has 0 aliphatic rings. The van der Waals surface area contributed by atoms with Crippen LogP contribution in [0.15, 0.2) is 64.8 Å². The molecule has 0 unspecified atom stereocenters. The van der Waals surface area contributed by atoms with E-state index in [0.717, 1.165) is 38.7 Å². The van der Waals surface area contributed by atoms with Gasteiger partial charge in [-0.2, -0.15) is 13.2 Å². The maximum Gasteiger partial charge on any atom is 0.418 e. The number of fused-ring (bicyclic) bond motifs is 1. The van der Waals surface area contributed by atoms with Gasteiger partial charge in [0.2, 0.25) is 0 Å². The van der Waals surface area contributed by atoms with Gasteiger partial charge >= 0.3 is 6.18 Å². The lowest BCUT2D eigenvalue weighted by Gasteiger charge is -2.10. The molecular formula is C22H16F3N3O3S. The minimum atomic E-state index is -4.68. The number of ether oxygens (including phenoxy) is 2. The summed E-state index contributed by atoms with van der Waals surface area (Å²) >= 11 is 1.47. The Morgan fingerprint density at radius 2 is 1.66 bits per heavy atom. The van der Waals surface area contributed by atoms with Gasteiger partial charge in [0.05, 0.1) is 35.7 Å². The van der Waals surface area contributed by atoms with Crippen LogP contribution < -0.4 is 9.47 Å². The topological polar surface area (TPSA) is 76.3 Å². The second-order valence-electron chi connectivity index (χ2n) is 6.64. The van der Waals surface area contributed by atoms with E-state index in [1.165, 1.54) is 18.4 Å². The van der Waals surface area contributed by atoms with Crippen molar-refractivity contribution in [2.75, 3.05) is 14.2 Å². The highest BCUT2D eigenvalue weighted by atomic mass is 32.1. The Balaban J connectivity index is 1.68. The number of halogens is 3. The number of aromatic hydroxyl groups is 1. The number of phenolic OH excluding ortho intramolecular Hbond substituents is 1. The van der Waals surface area contributed by atoms with Crippen molar-refractivity contribution in [1.29, 1.82) is 0 Å². The third kappa shape index (κ3) is 4.35. The van der Waals surface area contributed by atoms with Gasteiger partial charge in [0.25, 0.3) is 0 Å². The molecule has 4 rings (SSSR count). The van der Waals surface area contributed by atoms with Gasteiger partial charge in [0, 0.05) is 5.56 Å². The minimum absolute atomic E-state index is 0.250. The molecule has 10 heteroatoms. The number of aromatic nitrogens is 1. The zero-order valence-corrected chi connectivity index (χ0v) is 17.7. The Morgan fingerprint density at radius 3 is 2.38 bits per heavy atom. The Morgan fingerprint density at radius 1 is 0.906 bits per heavy atom. The lowest BCUT2D eigenvalue weighted by atomic mass is 10.1. The van der Waals surface area contributed by atoms with Crippen LogP contribution in [-0.2, 0) is 6.18 Å². The summed E-state index contributed by atoms with van der Waals surface area (Å²) in [6, 6.07) is 13.4. The number of benzene rings is 3. The quantitative estimate of drug-likeness (QED) is 0.322. The molecule has 0 bridgehead atoms. The van der Waals surface area contributed by atoms with Crippen LogP contribution in [0.3, 0.4) is 0 Å². The van der Waals surface area contributed by atoms with Crippen molar-refractivity contribution in [2.24, 2.45) is 10.2 Å². The first-order chi connectivity index (χ1) is 15.3. The normalized spacial score (nSPS) is 11.9. The Kier molecular flexibility index (Phi) is 5.70. The van der Waals surface area contributed by atoms with Crippen molar-refractivity contribution in [3.8, 4) is 27.8 Å². The Labute approximate surface area is 184 Å². The molecule has 0 aliphatic heterocycles. The average Bonchev–Trinajstić information content (AvgIpc) is 3.20. The largest absolute Gasteiger partial charge is 0.508 e. The van der Waals surface area contributed by atoms with Crippen LogP contribution in [0.5, 0.6) is 17.2 Å². The lowest BCUT2D eigenvalue weighted by Crippen LogP contribution is -2.04. The van der Waals surface area contributed by atoms with Gasteiger partial charge in [-0.1, -0.05) is 0 Å². The molecule has 32 heavy (non-hydrogen) atoms. The SMILES string of the molecule is COc1ccc2nc(-c3ccc(N=Nc4ccc(O)cc4C(F)(F)F)c(OC)c3)sc2c1.